The molecule has 5 heteroatoms. The first-order chi connectivity index (χ1) is 13.0. The molecule has 1 aliphatic rings. The molecule has 148 valence electrons. The van der Waals surface area contributed by atoms with Crippen LogP contribution < -0.4 is 0 Å². The van der Waals surface area contributed by atoms with E-state index in [2.05, 4.69) is 16.9 Å². The molecule has 2 aromatic carbocycles. The molecule has 3 rings (SSSR count). The number of hydrogen-bond acceptors (Lipinski definition) is 2. The molecule has 28 heavy (non-hydrogen) atoms. The zero-order valence-electron chi connectivity index (χ0n) is 15.6. The molecular weight excluding hydrogens is 380 g/mol. The Balaban J connectivity index is 0.00000280. The second-order valence-electron chi connectivity index (χ2n) is 6.94. The Bertz CT molecular complexity index is 785. The largest absolute Gasteiger partial charge is 0.378 e. The fourth-order valence-electron chi connectivity index (χ4n) is 3.34. The minimum Gasteiger partial charge on any atom is -0.378 e. The molecule has 1 fully saturated rings. The molecule has 0 saturated carbocycles. The van der Waals surface area contributed by atoms with E-state index in [9.17, 15) is 13.9 Å². The van der Waals surface area contributed by atoms with Gasteiger partial charge in [-0.2, -0.15) is 0 Å². The molecule has 2 nitrogen and oxygen atoms in total. The first kappa shape index (κ1) is 22.1. The van der Waals surface area contributed by atoms with Crippen molar-refractivity contribution in [3.63, 3.8) is 0 Å². The lowest BCUT2D eigenvalue weighted by Crippen LogP contribution is -2.43. The van der Waals surface area contributed by atoms with E-state index in [4.69, 9.17) is 6.42 Å². The maximum atomic E-state index is 13.3. The van der Waals surface area contributed by atoms with Gasteiger partial charge in [0.1, 0.15) is 17.2 Å². The number of likely N-dealkylation sites (tertiary alicyclic amines) is 1. The highest BCUT2D eigenvalue weighted by atomic mass is 35.5. The lowest BCUT2D eigenvalue weighted by atomic mass is 9.92. The van der Waals surface area contributed by atoms with Crippen molar-refractivity contribution in [1.82, 2.24) is 4.90 Å². The smallest absolute Gasteiger partial charge is 0.127 e. The Hall–Kier alpha value is -2.19. The van der Waals surface area contributed by atoms with Gasteiger partial charge in [-0.1, -0.05) is 36.3 Å². The third-order valence-corrected chi connectivity index (χ3v) is 5.06. The van der Waals surface area contributed by atoms with E-state index >= 15 is 0 Å². The summed E-state index contributed by atoms with van der Waals surface area (Å²) in [4.78, 5) is 2.27. The van der Waals surface area contributed by atoms with E-state index in [-0.39, 0.29) is 24.0 Å². The van der Waals surface area contributed by atoms with Crippen molar-refractivity contribution in [1.29, 1.82) is 0 Å². The number of aliphatic hydroxyl groups is 1. The Morgan fingerprint density at radius 1 is 1.00 bits per heavy atom. The molecule has 2 aromatic rings. The van der Waals surface area contributed by atoms with Crippen LogP contribution in [0.1, 0.15) is 30.4 Å². The first-order valence-electron chi connectivity index (χ1n) is 9.14. The average molecular weight is 404 g/mol. The van der Waals surface area contributed by atoms with Gasteiger partial charge in [-0.3, -0.25) is 0 Å². The molecule has 0 unspecified atom stereocenters. The Kier molecular flexibility index (Phi) is 7.77. The number of piperidine rings is 1. The van der Waals surface area contributed by atoms with Crippen LogP contribution in [0, 0.1) is 24.0 Å². The van der Waals surface area contributed by atoms with Gasteiger partial charge in [0.05, 0.1) is 0 Å². The standard InChI is InChI=1S/C23H23F2NO.ClH/c1-2-23(27)13-16-26(17-14-23)15-3-4-22(18-5-9-20(24)10-6-18)19-7-11-21(25)12-8-19;/h1,4-12,27H,3,13-17H2;1H. The number of benzene rings is 2. The van der Waals surface area contributed by atoms with Crippen molar-refractivity contribution in [2.24, 2.45) is 0 Å². The highest BCUT2D eigenvalue weighted by Crippen LogP contribution is 2.26. The van der Waals surface area contributed by atoms with Crippen molar-refractivity contribution in [2.75, 3.05) is 19.6 Å². The van der Waals surface area contributed by atoms with Crippen LogP contribution >= 0.6 is 12.4 Å². The Morgan fingerprint density at radius 2 is 1.46 bits per heavy atom. The highest BCUT2D eigenvalue weighted by molar-refractivity contribution is 5.85. The van der Waals surface area contributed by atoms with Gasteiger partial charge in [0, 0.05) is 32.5 Å². The summed E-state index contributed by atoms with van der Waals surface area (Å²) in [6.07, 6.45) is 9.44. The lowest BCUT2D eigenvalue weighted by Gasteiger charge is -2.34. The van der Waals surface area contributed by atoms with Crippen LogP contribution in [0.25, 0.3) is 5.57 Å². The molecule has 0 amide bonds. The molecule has 1 saturated heterocycles. The molecular formula is C23H24ClF2NO. The number of rotatable bonds is 5. The fourth-order valence-corrected chi connectivity index (χ4v) is 3.34. The second-order valence-corrected chi connectivity index (χ2v) is 6.94. The van der Waals surface area contributed by atoms with Gasteiger partial charge in [0.2, 0.25) is 0 Å². The summed E-state index contributed by atoms with van der Waals surface area (Å²) >= 11 is 0. The third kappa shape index (κ3) is 5.65. The minimum absolute atomic E-state index is 0. The van der Waals surface area contributed by atoms with Crippen LogP contribution in [0.3, 0.4) is 0 Å². The van der Waals surface area contributed by atoms with E-state index in [1.54, 1.807) is 24.3 Å². The molecule has 1 N–H and O–H groups in total. The molecule has 0 aromatic heterocycles. The summed E-state index contributed by atoms with van der Waals surface area (Å²) in [5.41, 5.74) is 1.76. The predicted octanol–water partition coefficient (Wildman–Crippen LogP) is 4.67. The Morgan fingerprint density at radius 3 is 1.89 bits per heavy atom. The summed E-state index contributed by atoms with van der Waals surface area (Å²) in [6.45, 7) is 2.36. The van der Waals surface area contributed by atoms with Crippen LogP contribution in [0.15, 0.2) is 54.6 Å². The van der Waals surface area contributed by atoms with Gasteiger partial charge in [0.15, 0.2) is 0 Å². The van der Waals surface area contributed by atoms with Crippen LogP contribution in [0.4, 0.5) is 8.78 Å². The zero-order valence-corrected chi connectivity index (χ0v) is 16.4. The Labute approximate surface area is 171 Å². The predicted molar refractivity (Wildman–Crippen MR) is 111 cm³/mol. The lowest BCUT2D eigenvalue weighted by molar-refractivity contribution is 0.0279. The summed E-state index contributed by atoms with van der Waals surface area (Å²) in [5, 5.41) is 10.1. The second kappa shape index (κ2) is 9.84. The average Bonchev–Trinajstić information content (AvgIpc) is 2.69. The number of terminal acetylenes is 1. The normalized spacial score (nSPS) is 15.9. The minimum atomic E-state index is -0.972. The highest BCUT2D eigenvalue weighted by Gasteiger charge is 2.29. The topological polar surface area (TPSA) is 23.5 Å². The quantitative estimate of drug-likeness (QED) is 0.733. The molecule has 0 atom stereocenters. The molecule has 0 bridgehead atoms. The van der Waals surface area contributed by atoms with Gasteiger partial charge >= 0.3 is 0 Å². The van der Waals surface area contributed by atoms with Crippen molar-refractivity contribution >= 4 is 18.0 Å². The molecule has 0 spiro atoms. The first-order valence-corrected chi connectivity index (χ1v) is 9.14. The monoisotopic (exact) mass is 403 g/mol. The third-order valence-electron chi connectivity index (χ3n) is 5.06. The summed E-state index contributed by atoms with van der Waals surface area (Å²) in [6, 6.07) is 12.7. The van der Waals surface area contributed by atoms with Crippen molar-refractivity contribution in [3.8, 4) is 12.3 Å². The van der Waals surface area contributed by atoms with Crippen molar-refractivity contribution in [3.05, 3.63) is 77.4 Å². The van der Waals surface area contributed by atoms with E-state index in [1.165, 1.54) is 24.3 Å². The summed E-state index contributed by atoms with van der Waals surface area (Å²) in [7, 11) is 0. The molecule has 1 aliphatic heterocycles. The van der Waals surface area contributed by atoms with Gasteiger partial charge < -0.3 is 10.0 Å². The van der Waals surface area contributed by atoms with Crippen LogP contribution in [0.2, 0.25) is 0 Å². The summed E-state index contributed by atoms with van der Waals surface area (Å²) in [5.74, 6) is 1.91. The number of hydrogen-bond donors (Lipinski definition) is 1. The van der Waals surface area contributed by atoms with Gasteiger partial charge in [-0.15, -0.1) is 18.8 Å². The van der Waals surface area contributed by atoms with Crippen LogP contribution in [-0.2, 0) is 0 Å². The molecule has 1 heterocycles. The van der Waals surface area contributed by atoms with Gasteiger partial charge in [0.25, 0.3) is 0 Å². The van der Waals surface area contributed by atoms with Crippen molar-refractivity contribution in [2.45, 2.75) is 24.9 Å². The van der Waals surface area contributed by atoms with Gasteiger partial charge in [-0.25, -0.2) is 8.78 Å². The zero-order chi connectivity index (χ0) is 19.3. The SMILES string of the molecule is C#CC1(O)CCN(CCC=C(c2ccc(F)cc2)c2ccc(F)cc2)CC1.Cl. The van der Waals surface area contributed by atoms with E-state index in [0.717, 1.165) is 42.8 Å². The van der Waals surface area contributed by atoms with E-state index in [0.29, 0.717) is 12.8 Å². The fraction of sp³-hybridized carbons (Fsp3) is 0.304. The van der Waals surface area contributed by atoms with Gasteiger partial charge in [-0.05, 0) is 47.4 Å². The van der Waals surface area contributed by atoms with Crippen LogP contribution in [-0.4, -0.2) is 35.2 Å². The van der Waals surface area contributed by atoms with E-state index < -0.39 is 5.60 Å². The van der Waals surface area contributed by atoms with Crippen molar-refractivity contribution < 1.29 is 13.9 Å². The molecule has 0 radical (unpaired) electrons. The number of nitrogens with zero attached hydrogens (tertiary/aromatic N) is 1. The maximum absolute atomic E-state index is 13.3. The summed E-state index contributed by atoms with van der Waals surface area (Å²) < 4.78 is 26.6. The maximum Gasteiger partial charge on any atom is 0.127 e. The van der Waals surface area contributed by atoms with E-state index in [1.807, 2.05) is 0 Å². The van der Waals surface area contributed by atoms with Crippen LogP contribution in [0.5, 0.6) is 0 Å². The molecule has 0 aliphatic carbocycles. The number of halogens is 3.